The van der Waals surface area contributed by atoms with Crippen LogP contribution < -0.4 is 10.2 Å². The van der Waals surface area contributed by atoms with Crippen LogP contribution in [0.3, 0.4) is 0 Å². The number of amides is 2. The second-order valence-electron chi connectivity index (χ2n) is 8.41. The summed E-state index contributed by atoms with van der Waals surface area (Å²) in [6, 6.07) is 17.1. The number of likely N-dealkylation sites (N-methyl/N-ethyl adjacent to an activating group) is 1. The van der Waals surface area contributed by atoms with Gasteiger partial charge in [-0.3, -0.25) is 0 Å². The van der Waals surface area contributed by atoms with Gasteiger partial charge in [-0.05, 0) is 50.4 Å². The molecular formula is C24H32N4O. The van der Waals surface area contributed by atoms with E-state index in [0.717, 1.165) is 63.5 Å². The van der Waals surface area contributed by atoms with Gasteiger partial charge in [-0.2, -0.15) is 0 Å². The summed E-state index contributed by atoms with van der Waals surface area (Å²) in [6.45, 7) is 7.82. The van der Waals surface area contributed by atoms with Crippen molar-refractivity contribution in [1.29, 1.82) is 0 Å². The van der Waals surface area contributed by atoms with Crippen LogP contribution in [0.4, 0.5) is 16.2 Å². The van der Waals surface area contributed by atoms with E-state index < -0.39 is 0 Å². The number of piperidine rings is 1. The van der Waals surface area contributed by atoms with Crippen LogP contribution in [0.25, 0.3) is 0 Å². The van der Waals surface area contributed by atoms with E-state index in [1.54, 1.807) is 0 Å². The number of hydrogen-bond donors (Lipinski definition) is 1. The van der Waals surface area contributed by atoms with Crippen molar-refractivity contribution in [3.05, 3.63) is 59.7 Å². The number of carbonyl (C=O) groups is 1. The minimum atomic E-state index is 0.0222. The second-order valence-corrected chi connectivity index (χ2v) is 8.41. The molecule has 2 amide bonds. The number of nitrogens with zero attached hydrogens (tertiary/aromatic N) is 3. The molecule has 0 spiro atoms. The largest absolute Gasteiger partial charge is 0.367 e. The third-order valence-corrected chi connectivity index (χ3v) is 6.32. The fourth-order valence-corrected chi connectivity index (χ4v) is 4.35. The Labute approximate surface area is 174 Å². The smallest absolute Gasteiger partial charge is 0.321 e. The maximum Gasteiger partial charge on any atom is 0.321 e. The fraction of sp³-hybridized carbons (Fsp3) is 0.458. The number of carbonyl (C=O) groups excluding carboxylic acids is 1. The summed E-state index contributed by atoms with van der Waals surface area (Å²) in [6.07, 6.45) is 2.05. The van der Waals surface area contributed by atoms with Crippen LogP contribution in [0.1, 0.15) is 29.9 Å². The van der Waals surface area contributed by atoms with Gasteiger partial charge in [-0.25, -0.2) is 4.79 Å². The molecule has 2 fully saturated rings. The molecule has 0 radical (unpaired) electrons. The maximum atomic E-state index is 12.9. The molecule has 0 unspecified atom stereocenters. The number of anilines is 2. The molecule has 0 atom stereocenters. The predicted octanol–water partition coefficient (Wildman–Crippen LogP) is 4.16. The van der Waals surface area contributed by atoms with Gasteiger partial charge in [0.1, 0.15) is 0 Å². The van der Waals surface area contributed by atoms with Crippen LogP contribution in [-0.4, -0.2) is 62.1 Å². The van der Waals surface area contributed by atoms with E-state index in [0.29, 0.717) is 5.92 Å². The van der Waals surface area contributed by atoms with Crippen molar-refractivity contribution in [3.63, 3.8) is 0 Å². The summed E-state index contributed by atoms with van der Waals surface area (Å²) >= 11 is 0. The average Bonchev–Trinajstić information content (AvgIpc) is 2.75. The Bertz CT molecular complexity index is 819. The monoisotopic (exact) mass is 392 g/mol. The van der Waals surface area contributed by atoms with Crippen molar-refractivity contribution in [3.8, 4) is 0 Å². The van der Waals surface area contributed by atoms with Crippen LogP contribution in [0.15, 0.2) is 48.5 Å². The second kappa shape index (κ2) is 8.87. The lowest BCUT2D eigenvalue weighted by atomic mass is 9.89. The van der Waals surface area contributed by atoms with Crippen molar-refractivity contribution in [1.82, 2.24) is 9.80 Å². The summed E-state index contributed by atoms with van der Waals surface area (Å²) in [4.78, 5) is 19.6. The van der Waals surface area contributed by atoms with E-state index in [1.165, 1.54) is 11.1 Å². The molecule has 2 aromatic carbocycles. The molecule has 0 bridgehead atoms. The topological polar surface area (TPSA) is 38.8 Å². The molecule has 2 aromatic rings. The standard InChI is InChI=1S/C24H32N4O/c1-19-7-9-20(10-8-19)21-11-13-28(14-12-21)24(29)25-22-5-3-4-6-23(22)27-17-15-26(2)16-18-27/h3-10,21H,11-18H2,1-2H3,(H,25,29). The van der Waals surface area contributed by atoms with Crippen LogP contribution in [0.2, 0.25) is 0 Å². The first kappa shape index (κ1) is 19.8. The molecule has 2 aliphatic heterocycles. The van der Waals surface area contributed by atoms with Crippen LogP contribution >= 0.6 is 0 Å². The van der Waals surface area contributed by atoms with Gasteiger partial charge >= 0.3 is 6.03 Å². The van der Waals surface area contributed by atoms with E-state index >= 15 is 0 Å². The number of para-hydroxylation sites is 2. The highest BCUT2D eigenvalue weighted by molar-refractivity contribution is 5.93. The first-order valence-corrected chi connectivity index (χ1v) is 10.7. The van der Waals surface area contributed by atoms with E-state index in [-0.39, 0.29) is 6.03 Å². The highest BCUT2D eigenvalue weighted by Gasteiger charge is 2.25. The third-order valence-electron chi connectivity index (χ3n) is 6.32. The number of rotatable bonds is 3. The molecule has 2 heterocycles. The molecule has 0 aliphatic carbocycles. The van der Waals surface area contributed by atoms with Crippen LogP contribution in [0.5, 0.6) is 0 Å². The van der Waals surface area contributed by atoms with Gasteiger partial charge in [0.15, 0.2) is 0 Å². The minimum absolute atomic E-state index is 0.0222. The molecule has 2 saturated heterocycles. The van der Waals surface area contributed by atoms with Crippen LogP contribution in [-0.2, 0) is 0 Å². The van der Waals surface area contributed by atoms with E-state index in [1.807, 2.05) is 17.0 Å². The lowest BCUT2D eigenvalue weighted by molar-refractivity contribution is 0.194. The molecule has 29 heavy (non-hydrogen) atoms. The Balaban J connectivity index is 1.36. The number of urea groups is 1. The van der Waals surface area contributed by atoms with E-state index in [2.05, 4.69) is 65.5 Å². The Hall–Kier alpha value is -2.53. The van der Waals surface area contributed by atoms with Crippen molar-refractivity contribution >= 4 is 17.4 Å². The van der Waals surface area contributed by atoms with Crippen molar-refractivity contribution < 1.29 is 4.79 Å². The summed E-state index contributed by atoms with van der Waals surface area (Å²) in [5.74, 6) is 0.553. The first-order chi connectivity index (χ1) is 14.1. The molecule has 1 N–H and O–H groups in total. The third kappa shape index (κ3) is 4.73. The summed E-state index contributed by atoms with van der Waals surface area (Å²) in [7, 11) is 2.16. The number of aryl methyl sites for hydroxylation is 1. The number of piperazine rings is 1. The molecule has 4 rings (SSSR count). The van der Waals surface area contributed by atoms with E-state index in [9.17, 15) is 4.79 Å². The highest BCUT2D eigenvalue weighted by atomic mass is 16.2. The van der Waals surface area contributed by atoms with Gasteiger partial charge < -0.3 is 20.0 Å². The Morgan fingerprint density at radius 1 is 0.897 bits per heavy atom. The Morgan fingerprint density at radius 2 is 1.55 bits per heavy atom. The minimum Gasteiger partial charge on any atom is -0.367 e. The van der Waals surface area contributed by atoms with Gasteiger partial charge in [0.05, 0.1) is 11.4 Å². The lowest BCUT2D eigenvalue weighted by Gasteiger charge is -2.36. The summed E-state index contributed by atoms with van der Waals surface area (Å²) in [5, 5.41) is 3.18. The van der Waals surface area contributed by atoms with Gasteiger partial charge in [0, 0.05) is 39.3 Å². The lowest BCUT2D eigenvalue weighted by Crippen LogP contribution is -2.45. The number of likely N-dealkylation sites (tertiary alicyclic amines) is 1. The summed E-state index contributed by atoms with van der Waals surface area (Å²) < 4.78 is 0. The van der Waals surface area contributed by atoms with Crippen molar-refractivity contribution in [2.45, 2.75) is 25.7 Å². The number of hydrogen-bond acceptors (Lipinski definition) is 3. The van der Waals surface area contributed by atoms with Gasteiger partial charge in [0.2, 0.25) is 0 Å². The zero-order valence-corrected chi connectivity index (χ0v) is 17.6. The van der Waals surface area contributed by atoms with Crippen molar-refractivity contribution in [2.24, 2.45) is 0 Å². The Morgan fingerprint density at radius 3 is 2.24 bits per heavy atom. The molecule has 0 saturated carbocycles. The molecule has 5 heteroatoms. The Kier molecular flexibility index (Phi) is 6.05. The first-order valence-electron chi connectivity index (χ1n) is 10.7. The molecule has 154 valence electrons. The molecule has 5 nitrogen and oxygen atoms in total. The van der Waals surface area contributed by atoms with Gasteiger partial charge in [0.25, 0.3) is 0 Å². The van der Waals surface area contributed by atoms with Crippen LogP contribution in [0, 0.1) is 6.92 Å². The zero-order valence-electron chi connectivity index (χ0n) is 17.6. The highest BCUT2D eigenvalue weighted by Crippen LogP contribution is 2.30. The number of nitrogens with one attached hydrogen (secondary N) is 1. The zero-order chi connectivity index (χ0) is 20.2. The molecule has 2 aliphatic rings. The fourth-order valence-electron chi connectivity index (χ4n) is 4.35. The number of benzene rings is 2. The molecule has 0 aromatic heterocycles. The van der Waals surface area contributed by atoms with E-state index in [4.69, 9.17) is 0 Å². The van der Waals surface area contributed by atoms with Gasteiger partial charge in [-0.15, -0.1) is 0 Å². The average molecular weight is 393 g/mol. The molecular weight excluding hydrogens is 360 g/mol. The normalized spacial score (nSPS) is 18.7. The summed E-state index contributed by atoms with van der Waals surface area (Å²) in [5.41, 5.74) is 4.74. The van der Waals surface area contributed by atoms with Gasteiger partial charge in [-0.1, -0.05) is 42.0 Å². The SMILES string of the molecule is Cc1ccc(C2CCN(C(=O)Nc3ccccc3N3CCN(C)CC3)CC2)cc1. The predicted molar refractivity (Wildman–Crippen MR) is 120 cm³/mol. The quantitative estimate of drug-likeness (QED) is 0.853. The van der Waals surface area contributed by atoms with Crippen molar-refractivity contribution in [2.75, 3.05) is 56.5 Å². The maximum absolute atomic E-state index is 12.9.